The number of aromatic nitrogens is 2. The Morgan fingerprint density at radius 1 is 1.38 bits per heavy atom. The highest BCUT2D eigenvalue weighted by atomic mass is 32.1. The van der Waals surface area contributed by atoms with E-state index in [0.717, 1.165) is 35.7 Å². The van der Waals surface area contributed by atoms with Gasteiger partial charge in [0.1, 0.15) is 16.3 Å². The van der Waals surface area contributed by atoms with Gasteiger partial charge in [-0.15, -0.1) is 5.10 Å². The minimum atomic E-state index is -0.112. The highest BCUT2D eigenvalue weighted by molar-refractivity contribution is 7.08. The molecule has 1 aromatic carbocycles. The predicted molar refractivity (Wildman–Crippen MR) is 95.4 cm³/mol. The summed E-state index contributed by atoms with van der Waals surface area (Å²) in [5.74, 6) is 0.621. The molecule has 3 rings (SSSR count). The monoisotopic (exact) mass is 343 g/mol. The summed E-state index contributed by atoms with van der Waals surface area (Å²) in [6.45, 7) is 0.653. The van der Waals surface area contributed by atoms with Crippen molar-refractivity contribution in [2.75, 3.05) is 13.7 Å². The van der Waals surface area contributed by atoms with Crippen molar-refractivity contribution in [3.05, 3.63) is 40.8 Å². The Bertz CT molecular complexity index is 739. The van der Waals surface area contributed by atoms with Crippen molar-refractivity contribution in [3.8, 4) is 17.0 Å². The molecule has 1 amide bonds. The number of hydrogen-bond acceptors (Lipinski definition) is 5. The zero-order chi connectivity index (χ0) is 16.8. The summed E-state index contributed by atoms with van der Waals surface area (Å²) in [4.78, 5) is 13.0. The van der Waals surface area contributed by atoms with Gasteiger partial charge in [-0.25, -0.2) is 0 Å². The first-order valence-corrected chi connectivity index (χ1v) is 8.98. The van der Waals surface area contributed by atoms with Crippen molar-refractivity contribution in [3.63, 3.8) is 0 Å². The Hall–Kier alpha value is -2.21. The SMILES string of the molecule is COc1cccc(-c2nnsc2C(=O)NCCC2=CCCCC2)c1. The van der Waals surface area contributed by atoms with Crippen molar-refractivity contribution in [1.82, 2.24) is 14.9 Å². The molecule has 2 aromatic rings. The first-order valence-electron chi connectivity index (χ1n) is 8.21. The van der Waals surface area contributed by atoms with Crippen LogP contribution in [-0.4, -0.2) is 29.1 Å². The predicted octanol–water partition coefficient (Wildman–Crippen LogP) is 3.83. The Morgan fingerprint density at radius 2 is 2.29 bits per heavy atom. The fourth-order valence-corrected chi connectivity index (χ4v) is 3.45. The van der Waals surface area contributed by atoms with Gasteiger partial charge in [0.25, 0.3) is 5.91 Å². The van der Waals surface area contributed by atoms with Crippen LogP contribution >= 0.6 is 11.5 Å². The number of hydrogen-bond donors (Lipinski definition) is 1. The molecule has 0 fully saturated rings. The zero-order valence-corrected chi connectivity index (χ0v) is 14.6. The van der Waals surface area contributed by atoms with Crippen LogP contribution in [0, 0.1) is 0 Å². The second-order valence-electron chi connectivity index (χ2n) is 5.80. The van der Waals surface area contributed by atoms with Crippen molar-refractivity contribution in [2.45, 2.75) is 32.1 Å². The molecule has 5 nitrogen and oxygen atoms in total. The molecule has 0 saturated heterocycles. The summed E-state index contributed by atoms with van der Waals surface area (Å²) < 4.78 is 9.19. The minimum absolute atomic E-state index is 0.112. The second-order valence-corrected chi connectivity index (χ2v) is 6.55. The van der Waals surface area contributed by atoms with Gasteiger partial charge in [-0.2, -0.15) is 0 Å². The molecule has 0 spiro atoms. The first-order chi connectivity index (χ1) is 11.8. The number of allylic oxidation sites excluding steroid dienone is 1. The summed E-state index contributed by atoms with van der Waals surface area (Å²) in [6, 6.07) is 7.51. The summed E-state index contributed by atoms with van der Waals surface area (Å²) in [6.07, 6.45) is 8.11. The first kappa shape index (κ1) is 16.6. The van der Waals surface area contributed by atoms with E-state index in [1.165, 1.54) is 24.8 Å². The second kappa shape index (κ2) is 8.06. The van der Waals surface area contributed by atoms with Gasteiger partial charge < -0.3 is 10.1 Å². The van der Waals surface area contributed by atoms with Gasteiger partial charge in [0.15, 0.2) is 0 Å². The quantitative estimate of drug-likeness (QED) is 0.810. The van der Waals surface area contributed by atoms with E-state index in [-0.39, 0.29) is 5.91 Å². The van der Waals surface area contributed by atoms with Gasteiger partial charge in [-0.1, -0.05) is 28.3 Å². The number of carbonyl (C=O) groups excluding carboxylic acids is 1. The molecule has 1 aromatic heterocycles. The van der Waals surface area contributed by atoms with Gasteiger partial charge in [0, 0.05) is 12.1 Å². The molecule has 0 radical (unpaired) electrons. The van der Waals surface area contributed by atoms with E-state index in [2.05, 4.69) is 21.0 Å². The van der Waals surface area contributed by atoms with E-state index in [1.807, 2.05) is 24.3 Å². The Labute approximate surface area is 145 Å². The van der Waals surface area contributed by atoms with Crippen molar-refractivity contribution >= 4 is 17.4 Å². The summed E-state index contributed by atoms with van der Waals surface area (Å²) in [5.41, 5.74) is 2.90. The molecular formula is C18H21N3O2S. The lowest BCUT2D eigenvalue weighted by molar-refractivity contribution is 0.0958. The third kappa shape index (κ3) is 4.00. The lowest BCUT2D eigenvalue weighted by Gasteiger charge is -2.12. The van der Waals surface area contributed by atoms with E-state index >= 15 is 0 Å². The van der Waals surface area contributed by atoms with Crippen molar-refractivity contribution in [2.24, 2.45) is 0 Å². The average Bonchev–Trinajstić information content (AvgIpc) is 3.12. The van der Waals surface area contributed by atoms with Crippen LogP contribution in [0.2, 0.25) is 0 Å². The van der Waals surface area contributed by atoms with Crippen LogP contribution in [0.1, 0.15) is 41.8 Å². The smallest absolute Gasteiger partial charge is 0.265 e. The van der Waals surface area contributed by atoms with Crippen LogP contribution in [-0.2, 0) is 0 Å². The molecule has 0 bridgehead atoms. The third-order valence-corrected chi connectivity index (χ3v) is 4.88. The minimum Gasteiger partial charge on any atom is -0.497 e. The summed E-state index contributed by atoms with van der Waals surface area (Å²) in [7, 11) is 1.62. The number of benzene rings is 1. The molecule has 0 atom stereocenters. The molecule has 1 N–H and O–H groups in total. The molecule has 6 heteroatoms. The van der Waals surface area contributed by atoms with Gasteiger partial charge in [-0.05, 0) is 55.8 Å². The molecule has 0 aliphatic heterocycles. The Morgan fingerprint density at radius 3 is 3.08 bits per heavy atom. The lowest BCUT2D eigenvalue weighted by atomic mass is 9.97. The number of methoxy groups -OCH3 is 1. The molecular weight excluding hydrogens is 322 g/mol. The number of nitrogens with zero attached hydrogens (tertiary/aromatic N) is 2. The Kier molecular flexibility index (Phi) is 5.59. The van der Waals surface area contributed by atoms with Crippen molar-refractivity contribution in [1.29, 1.82) is 0 Å². The van der Waals surface area contributed by atoms with Crippen LogP contribution in [0.4, 0.5) is 0 Å². The highest BCUT2D eigenvalue weighted by Gasteiger charge is 2.18. The van der Waals surface area contributed by atoms with E-state index in [9.17, 15) is 4.79 Å². The maximum Gasteiger partial charge on any atom is 0.265 e. The molecule has 24 heavy (non-hydrogen) atoms. The number of nitrogens with one attached hydrogen (secondary N) is 1. The Balaban J connectivity index is 1.65. The normalized spacial score (nSPS) is 14.1. The number of amides is 1. The molecule has 1 heterocycles. The van der Waals surface area contributed by atoms with E-state index in [0.29, 0.717) is 17.1 Å². The molecule has 126 valence electrons. The van der Waals surface area contributed by atoms with Crippen LogP contribution < -0.4 is 10.1 Å². The molecule has 0 unspecified atom stereocenters. The van der Waals surface area contributed by atoms with E-state index in [1.54, 1.807) is 7.11 Å². The van der Waals surface area contributed by atoms with E-state index in [4.69, 9.17) is 4.74 Å². The van der Waals surface area contributed by atoms with Crippen LogP contribution in [0.25, 0.3) is 11.3 Å². The van der Waals surface area contributed by atoms with Gasteiger partial charge in [-0.3, -0.25) is 4.79 Å². The fourth-order valence-electron chi connectivity index (χ4n) is 2.85. The molecule has 0 saturated carbocycles. The van der Waals surface area contributed by atoms with E-state index < -0.39 is 0 Å². The van der Waals surface area contributed by atoms with Crippen LogP contribution in [0.5, 0.6) is 5.75 Å². The largest absolute Gasteiger partial charge is 0.497 e. The zero-order valence-electron chi connectivity index (χ0n) is 13.7. The lowest BCUT2D eigenvalue weighted by Crippen LogP contribution is -2.24. The maximum atomic E-state index is 12.5. The van der Waals surface area contributed by atoms with Crippen LogP contribution in [0.3, 0.4) is 0 Å². The van der Waals surface area contributed by atoms with Gasteiger partial charge in [0.2, 0.25) is 0 Å². The number of carbonyl (C=O) groups is 1. The average molecular weight is 343 g/mol. The summed E-state index contributed by atoms with van der Waals surface area (Å²) in [5, 5.41) is 7.11. The molecule has 1 aliphatic carbocycles. The molecule has 1 aliphatic rings. The van der Waals surface area contributed by atoms with Gasteiger partial charge in [0.05, 0.1) is 7.11 Å². The number of ether oxygens (including phenoxy) is 1. The van der Waals surface area contributed by atoms with Crippen molar-refractivity contribution < 1.29 is 9.53 Å². The highest BCUT2D eigenvalue weighted by Crippen LogP contribution is 2.27. The topological polar surface area (TPSA) is 64.1 Å². The fraction of sp³-hybridized carbons (Fsp3) is 0.389. The maximum absolute atomic E-state index is 12.5. The van der Waals surface area contributed by atoms with Crippen LogP contribution in [0.15, 0.2) is 35.9 Å². The standard InChI is InChI=1S/C18H21N3O2S/c1-23-15-9-5-8-14(12-15)16-17(24-21-20-16)18(22)19-11-10-13-6-3-2-4-7-13/h5-6,8-9,12H,2-4,7,10-11H2,1H3,(H,19,22). The third-order valence-electron chi connectivity index (χ3n) is 4.15. The summed E-state index contributed by atoms with van der Waals surface area (Å²) >= 11 is 1.12. The van der Waals surface area contributed by atoms with Gasteiger partial charge >= 0.3 is 0 Å². The number of rotatable bonds is 6.